The van der Waals surface area contributed by atoms with E-state index in [0.717, 1.165) is 16.9 Å². The van der Waals surface area contributed by atoms with Gasteiger partial charge >= 0.3 is 0 Å². The van der Waals surface area contributed by atoms with Gasteiger partial charge in [0, 0.05) is 25.1 Å². The SMILES string of the molecule is COc1ccc(CNC(=O)c2cncc(NCc3ccccn3)c2)cc1OC. The number of hydrogen-bond donors (Lipinski definition) is 2. The number of nitrogens with zero attached hydrogens (tertiary/aromatic N) is 2. The van der Waals surface area contributed by atoms with Gasteiger partial charge in [-0.25, -0.2) is 0 Å². The molecule has 3 rings (SSSR count). The Labute approximate surface area is 163 Å². The van der Waals surface area contributed by atoms with E-state index in [4.69, 9.17) is 9.47 Å². The Hall–Kier alpha value is -3.61. The molecular formula is C21H22N4O3. The van der Waals surface area contributed by atoms with Crippen molar-refractivity contribution in [2.24, 2.45) is 0 Å². The molecule has 7 nitrogen and oxygen atoms in total. The van der Waals surface area contributed by atoms with Crippen LogP contribution in [0.2, 0.25) is 0 Å². The second-order valence-corrected chi connectivity index (χ2v) is 6.01. The Morgan fingerprint density at radius 1 is 1.00 bits per heavy atom. The number of hydrogen-bond acceptors (Lipinski definition) is 6. The second-order valence-electron chi connectivity index (χ2n) is 6.01. The lowest BCUT2D eigenvalue weighted by molar-refractivity contribution is 0.0950. The minimum atomic E-state index is -0.205. The lowest BCUT2D eigenvalue weighted by atomic mass is 10.2. The number of ether oxygens (including phenoxy) is 2. The quantitative estimate of drug-likeness (QED) is 0.627. The van der Waals surface area contributed by atoms with Crippen molar-refractivity contribution in [3.8, 4) is 11.5 Å². The summed E-state index contributed by atoms with van der Waals surface area (Å²) in [5.74, 6) is 1.06. The average molecular weight is 378 g/mol. The fourth-order valence-electron chi connectivity index (χ4n) is 2.63. The smallest absolute Gasteiger partial charge is 0.253 e. The predicted molar refractivity (Wildman–Crippen MR) is 107 cm³/mol. The van der Waals surface area contributed by atoms with Gasteiger partial charge in [-0.3, -0.25) is 14.8 Å². The fraction of sp³-hybridized carbons (Fsp3) is 0.190. The summed E-state index contributed by atoms with van der Waals surface area (Å²) in [7, 11) is 3.16. The van der Waals surface area contributed by atoms with Gasteiger partial charge in [-0.05, 0) is 35.9 Å². The predicted octanol–water partition coefficient (Wildman–Crippen LogP) is 3.04. The minimum absolute atomic E-state index is 0.205. The monoisotopic (exact) mass is 378 g/mol. The molecule has 2 N–H and O–H groups in total. The van der Waals surface area contributed by atoms with Crippen molar-refractivity contribution in [2.75, 3.05) is 19.5 Å². The van der Waals surface area contributed by atoms with Crippen molar-refractivity contribution in [2.45, 2.75) is 13.1 Å². The molecule has 0 saturated heterocycles. The van der Waals surface area contributed by atoms with Crippen molar-refractivity contribution in [1.82, 2.24) is 15.3 Å². The number of carbonyl (C=O) groups is 1. The number of amides is 1. The number of nitrogens with one attached hydrogen (secondary N) is 2. The summed E-state index contributed by atoms with van der Waals surface area (Å²) in [6.07, 6.45) is 4.96. The summed E-state index contributed by atoms with van der Waals surface area (Å²) in [6.45, 7) is 0.921. The van der Waals surface area contributed by atoms with Gasteiger partial charge in [-0.1, -0.05) is 12.1 Å². The normalized spacial score (nSPS) is 10.2. The first-order valence-electron chi connectivity index (χ1n) is 8.77. The Morgan fingerprint density at radius 2 is 1.86 bits per heavy atom. The van der Waals surface area contributed by atoms with E-state index >= 15 is 0 Å². The molecule has 0 atom stereocenters. The third-order valence-corrected chi connectivity index (χ3v) is 4.10. The molecule has 28 heavy (non-hydrogen) atoms. The first-order chi connectivity index (χ1) is 13.7. The van der Waals surface area contributed by atoms with E-state index in [1.807, 2.05) is 36.4 Å². The highest BCUT2D eigenvalue weighted by Crippen LogP contribution is 2.27. The number of methoxy groups -OCH3 is 2. The molecule has 0 bridgehead atoms. The first kappa shape index (κ1) is 19.2. The molecule has 0 spiro atoms. The fourth-order valence-corrected chi connectivity index (χ4v) is 2.63. The molecule has 0 fully saturated rings. The van der Waals surface area contributed by atoms with Crippen LogP contribution < -0.4 is 20.1 Å². The summed E-state index contributed by atoms with van der Waals surface area (Å²) >= 11 is 0. The topological polar surface area (TPSA) is 85.4 Å². The van der Waals surface area contributed by atoms with Crippen molar-refractivity contribution in [3.05, 3.63) is 77.9 Å². The molecule has 1 aromatic carbocycles. The van der Waals surface area contributed by atoms with Crippen molar-refractivity contribution in [1.29, 1.82) is 0 Å². The molecule has 2 heterocycles. The van der Waals surface area contributed by atoms with E-state index < -0.39 is 0 Å². The third-order valence-electron chi connectivity index (χ3n) is 4.10. The van der Waals surface area contributed by atoms with Gasteiger partial charge in [0.05, 0.1) is 37.7 Å². The maximum atomic E-state index is 12.5. The zero-order valence-electron chi connectivity index (χ0n) is 15.8. The van der Waals surface area contributed by atoms with Crippen LogP contribution in [-0.4, -0.2) is 30.1 Å². The van der Waals surface area contributed by atoms with E-state index in [1.54, 1.807) is 32.7 Å². The Morgan fingerprint density at radius 3 is 2.61 bits per heavy atom. The summed E-state index contributed by atoms with van der Waals surface area (Å²) in [5, 5.41) is 6.11. The minimum Gasteiger partial charge on any atom is -0.493 e. The van der Waals surface area contributed by atoms with Gasteiger partial charge in [0.25, 0.3) is 5.91 Å². The molecule has 0 aliphatic carbocycles. The first-order valence-corrected chi connectivity index (χ1v) is 8.77. The summed E-state index contributed by atoms with van der Waals surface area (Å²) in [6, 6.07) is 13.0. The van der Waals surface area contributed by atoms with Crippen LogP contribution in [0.4, 0.5) is 5.69 Å². The highest BCUT2D eigenvalue weighted by molar-refractivity contribution is 5.94. The van der Waals surface area contributed by atoms with Crippen LogP contribution in [0.3, 0.4) is 0 Å². The van der Waals surface area contributed by atoms with Crippen LogP contribution in [0.5, 0.6) is 11.5 Å². The lowest BCUT2D eigenvalue weighted by Crippen LogP contribution is -2.23. The number of aromatic nitrogens is 2. The van der Waals surface area contributed by atoms with Crippen LogP contribution in [0.25, 0.3) is 0 Å². The van der Waals surface area contributed by atoms with E-state index in [2.05, 4.69) is 20.6 Å². The van der Waals surface area contributed by atoms with Crippen molar-refractivity contribution >= 4 is 11.6 Å². The lowest BCUT2D eigenvalue weighted by Gasteiger charge is -2.11. The molecular weight excluding hydrogens is 356 g/mol. The Kier molecular flexibility index (Phi) is 6.41. The molecule has 144 valence electrons. The molecule has 3 aromatic rings. The second kappa shape index (κ2) is 9.36. The van der Waals surface area contributed by atoms with Gasteiger partial charge in [0.15, 0.2) is 11.5 Å². The number of benzene rings is 1. The average Bonchev–Trinajstić information content (AvgIpc) is 2.76. The molecule has 2 aromatic heterocycles. The van der Waals surface area contributed by atoms with Gasteiger partial charge in [-0.2, -0.15) is 0 Å². The van der Waals surface area contributed by atoms with Crippen LogP contribution in [-0.2, 0) is 13.1 Å². The van der Waals surface area contributed by atoms with Gasteiger partial charge in [0.2, 0.25) is 0 Å². The van der Waals surface area contributed by atoms with Gasteiger partial charge in [0.1, 0.15) is 0 Å². The molecule has 1 amide bonds. The molecule has 0 aliphatic rings. The maximum Gasteiger partial charge on any atom is 0.253 e. The third kappa shape index (κ3) is 4.97. The van der Waals surface area contributed by atoms with Crippen LogP contribution in [0.1, 0.15) is 21.6 Å². The van der Waals surface area contributed by atoms with E-state index in [-0.39, 0.29) is 5.91 Å². The summed E-state index contributed by atoms with van der Waals surface area (Å²) < 4.78 is 10.5. The number of pyridine rings is 2. The van der Waals surface area contributed by atoms with Gasteiger partial charge < -0.3 is 20.1 Å². The maximum absolute atomic E-state index is 12.5. The molecule has 0 radical (unpaired) electrons. The van der Waals surface area contributed by atoms with E-state index in [1.165, 1.54) is 6.20 Å². The molecule has 0 aliphatic heterocycles. The Bertz CT molecular complexity index is 932. The highest BCUT2D eigenvalue weighted by Gasteiger charge is 2.09. The zero-order valence-corrected chi connectivity index (χ0v) is 15.8. The number of carbonyl (C=O) groups excluding carboxylic acids is 1. The number of anilines is 1. The summed E-state index contributed by atoms with van der Waals surface area (Å²) in [4.78, 5) is 20.9. The highest BCUT2D eigenvalue weighted by atomic mass is 16.5. The molecule has 0 unspecified atom stereocenters. The van der Waals surface area contributed by atoms with Gasteiger partial charge in [-0.15, -0.1) is 0 Å². The zero-order chi connectivity index (χ0) is 19.8. The van der Waals surface area contributed by atoms with Crippen LogP contribution in [0, 0.1) is 0 Å². The van der Waals surface area contributed by atoms with Crippen LogP contribution in [0.15, 0.2) is 61.1 Å². The summed E-state index contributed by atoms with van der Waals surface area (Å²) in [5.41, 5.74) is 3.05. The van der Waals surface area contributed by atoms with Crippen molar-refractivity contribution < 1.29 is 14.3 Å². The largest absolute Gasteiger partial charge is 0.493 e. The van der Waals surface area contributed by atoms with Crippen molar-refractivity contribution in [3.63, 3.8) is 0 Å². The van der Waals surface area contributed by atoms with E-state index in [0.29, 0.717) is 30.2 Å². The Balaban J connectivity index is 1.60. The molecule has 0 saturated carbocycles. The molecule has 7 heteroatoms. The number of rotatable bonds is 8. The van der Waals surface area contributed by atoms with E-state index in [9.17, 15) is 4.79 Å². The van der Waals surface area contributed by atoms with Crippen LogP contribution >= 0.6 is 0 Å². The standard InChI is InChI=1S/C21H22N4O3/c1-27-19-7-6-15(9-20(19)28-2)11-25-21(26)16-10-18(13-22-12-16)24-14-17-5-3-4-8-23-17/h3-10,12-13,24H,11,14H2,1-2H3,(H,25,26).